The highest BCUT2D eigenvalue weighted by atomic mass is 19.1. The monoisotopic (exact) mass is 313 g/mol. The van der Waals surface area contributed by atoms with Gasteiger partial charge >= 0.3 is 0 Å². The molecule has 2 rings (SSSR count). The van der Waals surface area contributed by atoms with E-state index in [1.807, 2.05) is 20.8 Å². The summed E-state index contributed by atoms with van der Waals surface area (Å²) in [7, 11) is 0. The van der Waals surface area contributed by atoms with Gasteiger partial charge in [-0.15, -0.1) is 0 Å². The van der Waals surface area contributed by atoms with E-state index in [4.69, 9.17) is 4.74 Å². The highest BCUT2D eigenvalue weighted by molar-refractivity contribution is 5.21. The summed E-state index contributed by atoms with van der Waals surface area (Å²) in [6.45, 7) is 7.53. The van der Waals surface area contributed by atoms with Crippen molar-refractivity contribution in [1.29, 1.82) is 0 Å². The standard InChI is InChI=1S/C17H25F2NO2/c1-12(13-8-14(18)10-15(19)9-13)20-11-16(2,3)17(21)4-6-22-7-5-17/h8-10,12,20-21H,4-7,11H2,1-3H3. The van der Waals surface area contributed by atoms with Gasteiger partial charge in [-0.3, -0.25) is 0 Å². The minimum Gasteiger partial charge on any atom is -0.389 e. The molecule has 0 bridgehead atoms. The van der Waals surface area contributed by atoms with Crippen LogP contribution in [0.4, 0.5) is 8.78 Å². The van der Waals surface area contributed by atoms with Crippen LogP contribution in [0.5, 0.6) is 0 Å². The molecule has 1 aliphatic rings. The lowest BCUT2D eigenvalue weighted by Gasteiger charge is -2.45. The van der Waals surface area contributed by atoms with Crippen molar-refractivity contribution in [3.63, 3.8) is 0 Å². The Labute approximate surface area is 130 Å². The number of nitrogens with one attached hydrogen (secondary N) is 1. The molecule has 22 heavy (non-hydrogen) atoms. The van der Waals surface area contributed by atoms with Gasteiger partial charge in [0.15, 0.2) is 0 Å². The molecule has 3 nitrogen and oxygen atoms in total. The van der Waals surface area contributed by atoms with Crippen LogP contribution in [0.1, 0.15) is 45.2 Å². The molecule has 0 saturated carbocycles. The van der Waals surface area contributed by atoms with Crippen molar-refractivity contribution < 1.29 is 18.6 Å². The number of aliphatic hydroxyl groups is 1. The second kappa shape index (κ2) is 6.60. The van der Waals surface area contributed by atoms with Crippen molar-refractivity contribution in [2.45, 2.75) is 45.3 Å². The summed E-state index contributed by atoms with van der Waals surface area (Å²) in [5.74, 6) is -1.16. The van der Waals surface area contributed by atoms with Crippen molar-refractivity contribution in [2.75, 3.05) is 19.8 Å². The second-order valence-corrected chi connectivity index (χ2v) is 6.83. The first-order chi connectivity index (χ1) is 10.2. The van der Waals surface area contributed by atoms with Crippen LogP contribution in [-0.4, -0.2) is 30.5 Å². The van der Waals surface area contributed by atoms with Gasteiger partial charge in [0.05, 0.1) is 5.60 Å². The van der Waals surface area contributed by atoms with Crippen LogP contribution in [0.2, 0.25) is 0 Å². The van der Waals surface area contributed by atoms with Crippen LogP contribution in [0.3, 0.4) is 0 Å². The summed E-state index contributed by atoms with van der Waals surface area (Å²) < 4.78 is 31.9. The Morgan fingerprint density at radius 1 is 1.23 bits per heavy atom. The fourth-order valence-corrected chi connectivity index (χ4v) is 2.90. The third kappa shape index (κ3) is 3.83. The largest absolute Gasteiger partial charge is 0.389 e. The van der Waals surface area contributed by atoms with Crippen molar-refractivity contribution in [1.82, 2.24) is 5.32 Å². The maximum absolute atomic E-state index is 13.3. The summed E-state index contributed by atoms with van der Waals surface area (Å²) in [4.78, 5) is 0. The van der Waals surface area contributed by atoms with E-state index in [1.54, 1.807) is 0 Å². The summed E-state index contributed by atoms with van der Waals surface area (Å²) in [5.41, 5.74) is -0.588. The zero-order chi connectivity index (χ0) is 16.4. The van der Waals surface area contributed by atoms with E-state index >= 15 is 0 Å². The Balaban J connectivity index is 2.01. The first-order valence-corrected chi connectivity index (χ1v) is 7.73. The molecule has 1 aliphatic heterocycles. The van der Waals surface area contributed by atoms with Crippen molar-refractivity contribution in [3.8, 4) is 0 Å². The molecule has 0 spiro atoms. The summed E-state index contributed by atoms with van der Waals surface area (Å²) >= 11 is 0. The molecule has 1 fully saturated rings. The van der Waals surface area contributed by atoms with E-state index < -0.39 is 17.2 Å². The third-order valence-corrected chi connectivity index (χ3v) is 4.81. The van der Waals surface area contributed by atoms with E-state index in [9.17, 15) is 13.9 Å². The number of benzene rings is 1. The molecule has 1 unspecified atom stereocenters. The lowest BCUT2D eigenvalue weighted by atomic mass is 9.70. The second-order valence-electron chi connectivity index (χ2n) is 6.83. The average molecular weight is 313 g/mol. The Morgan fingerprint density at radius 3 is 2.32 bits per heavy atom. The summed E-state index contributed by atoms with van der Waals surface area (Å²) in [5, 5.41) is 14.1. The summed E-state index contributed by atoms with van der Waals surface area (Å²) in [6, 6.07) is 3.33. The average Bonchev–Trinajstić information content (AvgIpc) is 2.44. The topological polar surface area (TPSA) is 41.5 Å². The quantitative estimate of drug-likeness (QED) is 0.877. The highest BCUT2D eigenvalue weighted by Gasteiger charge is 2.44. The smallest absolute Gasteiger partial charge is 0.126 e. The minimum absolute atomic E-state index is 0.201. The first kappa shape index (κ1) is 17.3. The molecule has 0 amide bonds. The molecular formula is C17H25F2NO2. The molecule has 1 aromatic carbocycles. The van der Waals surface area contributed by atoms with E-state index in [1.165, 1.54) is 12.1 Å². The van der Waals surface area contributed by atoms with Crippen LogP contribution in [0.15, 0.2) is 18.2 Å². The SMILES string of the molecule is CC(NCC(C)(C)C1(O)CCOCC1)c1cc(F)cc(F)c1. The van der Waals surface area contributed by atoms with Gasteiger partial charge < -0.3 is 15.2 Å². The fourth-order valence-electron chi connectivity index (χ4n) is 2.90. The zero-order valence-electron chi connectivity index (χ0n) is 13.5. The zero-order valence-corrected chi connectivity index (χ0v) is 13.5. The highest BCUT2D eigenvalue weighted by Crippen LogP contribution is 2.38. The number of halogens is 2. The molecule has 5 heteroatoms. The van der Waals surface area contributed by atoms with Gasteiger partial charge in [0.1, 0.15) is 11.6 Å². The Bertz CT molecular complexity index is 493. The molecular weight excluding hydrogens is 288 g/mol. The number of ether oxygens (including phenoxy) is 1. The van der Waals surface area contributed by atoms with Gasteiger partial charge in [-0.2, -0.15) is 0 Å². The lowest BCUT2D eigenvalue weighted by molar-refractivity contribution is -0.131. The van der Waals surface area contributed by atoms with Gasteiger partial charge in [-0.1, -0.05) is 13.8 Å². The van der Waals surface area contributed by atoms with Crippen LogP contribution in [0.25, 0.3) is 0 Å². The van der Waals surface area contributed by atoms with Crippen molar-refractivity contribution in [3.05, 3.63) is 35.4 Å². The summed E-state index contributed by atoms with van der Waals surface area (Å²) in [6.07, 6.45) is 1.20. The first-order valence-electron chi connectivity index (χ1n) is 7.73. The predicted octanol–water partition coefficient (Wildman–Crippen LogP) is 3.18. The Morgan fingerprint density at radius 2 is 1.77 bits per heavy atom. The normalized spacial score (nSPS) is 19.9. The van der Waals surface area contributed by atoms with E-state index in [0.29, 0.717) is 38.2 Å². The molecule has 1 atom stereocenters. The predicted molar refractivity (Wildman–Crippen MR) is 81.6 cm³/mol. The van der Waals surface area contributed by atoms with Gasteiger partial charge in [0.2, 0.25) is 0 Å². The molecule has 0 aromatic heterocycles. The number of rotatable bonds is 5. The maximum atomic E-state index is 13.3. The molecule has 0 aliphatic carbocycles. The van der Waals surface area contributed by atoms with Gasteiger partial charge in [-0.25, -0.2) is 8.78 Å². The molecule has 1 heterocycles. The van der Waals surface area contributed by atoms with E-state index in [-0.39, 0.29) is 11.5 Å². The van der Waals surface area contributed by atoms with Gasteiger partial charge in [-0.05, 0) is 24.6 Å². The van der Waals surface area contributed by atoms with E-state index in [2.05, 4.69) is 5.32 Å². The molecule has 2 N–H and O–H groups in total. The van der Waals surface area contributed by atoms with Crippen LogP contribution in [-0.2, 0) is 4.74 Å². The van der Waals surface area contributed by atoms with Gasteiger partial charge in [0.25, 0.3) is 0 Å². The Hall–Kier alpha value is -1.04. The van der Waals surface area contributed by atoms with Crippen molar-refractivity contribution >= 4 is 0 Å². The molecule has 1 saturated heterocycles. The fraction of sp³-hybridized carbons (Fsp3) is 0.647. The maximum Gasteiger partial charge on any atom is 0.126 e. The van der Waals surface area contributed by atoms with Crippen molar-refractivity contribution in [2.24, 2.45) is 5.41 Å². The lowest BCUT2D eigenvalue weighted by Crippen LogP contribution is -2.53. The number of hydrogen-bond donors (Lipinski definition) is 2. The molecule has 124 valence electrons. The van der Waals surface area contributed by atoms with Crippen LogP contribution < -0.4 is 5.32 Å². The molecule has 1 aromatic rings. The third-order valence-electron chi connectivity index (χ3n) is 4.81. The van der Waals surface area contributed by atoms with Crippen LogP contribution in [0, 0.1) is 17.0 Å². The minimum atomic E-state index is -0.787. The van der Waals surface area contributed by atoms with E-state index in [0.717, 1.165) is 6.07 Å². The van der Waals surface area contributed by atoms with Gasteiger partial charge in [0, 0.05) is 50.1 Å². The molecule has 0 radical (unpaired) electrons. The Kier molecular flexibility index (Phi) is 5.20. The number of hydrogen-bond acceptors (Lipinski definition) is 3. The van der Waals surface area contributed by atoms with Crippen LogP contribution >= 0.6 is 0 Å².